The number of halogens is 1. The van der Waals surface area contributed by atoms with E-state index in [9.17, 15) is 0 Å². The number of hydrogen-bond acceptors (Lipinski definition) is 3. The summed E-state index contributed by atoms with van der Waals surface area (Å²) in [5.41, 5.74) is 3.14. The van der Waals surface area contributed by atoms with Gasteiger partial charge in [0.1, 0.15) is 24.6 Å². The third-order valence-corrected chi connectivity index (χ3v) is 7.04. The number of quaternary nitrogens is 1. The van der Waals surface area contributed by atoms with Crippen LogP contribution in [0.15, 0.2) is 48.5 Å². The second kappa shape index (κ2) is 15.1. The topological polar surface area (TPSA) is 27.7 Å². The van der Waals surface area contributed by atoms with E-state index in [1.807, 2.05) is 0 Å². The molecule has 0 amide bonds. The normalized spacial score (nSPS) is 12.5. The number of likely N-dealkylation sites (N-methyl/N-ethyl adjacent to an activating group) is 1. The maximum absolute atomic E-state index is 5.95. The fraction of sp³-hybridized carbons (Fsp3) is 0.625. The zero-order valence-electron chi connectivity index (χ0n) is 24.4. The number of ether oxygens (including phenoxy) is 3. The van der Waals surface area contributed by atoms with Crippen LogP contribution in [0.1, 0.15) is 71.4 Å². The molecule has 5 heteroatoms. The van der Waals surface area contributed by atoms with Crippen molar-refractivity contribution in [2.24, 2.45) is 5.41 Å². The Balaban J connectivity index is 1.62. The molecule has 2 rings (SSSR count). The van der Waals surface area contributed by atoms with E-state index < -0.39 is 0 Å². The lowest BCUT2D eigenvalue weighted by Crippen LogP contribution is -2.41. The number of alkyl halides is 1. The first-order valence-corrected chi connectivity index (χ1v) is 14.9. The Bertz CT molecular complexity index is 886. The Kier molecular flexibility index (Phi) is 13.0. The molecule has 4 nitrogen and oxygen atoms in total. The van der Waals surface area contributed by atoms with Crippen LogP contribution in [0.2, 0.25) is 0 Å². The summed E-state index contributed by atoms with van der Waals surface area (Å²) in [6.07, 6.45) is 4.25. The highest BCUT2D eigenvalue weighted by Crippen LogP contribution is 2.36. The van der Waals surface area contributed by atoms with Crippen LogP contribution in [0.3, 0.4) is 0 Å². The van der Waals surface area contributed by atoms with Gasteiger partial charge in [0.05, 0.1) is 40.5 Å². The third-order valence-electron chi connectivity index (χ3n) is 6.48. The van der Waals surface area contributed by atoms with Gasteiger partial charge in [-0.15, -0.1) is 0 Å². The van der Waals surface area contributed by atoms with Gasteiger partial charge in [-0.05, 0) is 72.1 Å². The second-order valence-electron chi connectivity index (χ2n) is 12.7. The van der Waals surface area contributed by atoms with Crippen molar-refractivity contribution in [2.75, 3.05) is 52.4 Å². The lowest BCUT2D eigenvalue weighted by atomic mass is 9.72. The first-order valence-electron chi connectivity index (χ1n) is 13.8. The second-order valence-corrected chi connectivity index (χ2v) is 13.5. The molecule has 0 aromatic heterocycles. The molecule has 0 bridgehead atoms. The summed E-state index contributed by atoms with van der Waals surface area (Å²) >= 11 is 3.46. The van der Waals surface area contributed by atoms with Gasteiger partial charge in [-0.2, -0.15) is 0 Å². The minimum Gasteiger partial charge on any atom is -0.494 e. The van der Waals surface area contributed by atoms with Gasteiger partial charge in [0.25, 0.3) is 0 Å². The molecule has 0 aliphatic heterocycles. The largest absolute Gasteiger partial charge is 0.494 e. The molecule has 0 spiro atoms. The van der Waals surface area contributed by atoms with Crippen LogP contribution >= 0.6 is 15.9 Å². The Morgan fingerprint density at radius 2 is 1.27 bits per heavy atom. The number of unbranched alkanes of at least 4 members (excludes halogenated alkanes) is 1. The molecule has 0 saturated carbocycles. The number of rotatable bonds is 17. The smallest absolute Gasteiger partial charge is 0.119 e. The van der Waals surface area contributed by atoms with E-state index in [-0.39, 0.29) is 5.41 Å². The Labute approximate surface area is 235 Å². The van der Waals surface area contributed by atoms with E-state index in [2.05, 4.69) is 113 Å². The van der Waals surface area contributed by atoms with E-state index in [1.165, 1.54) is 11.1 Å². The van der Waals surface area contributed by atoms with Crippen LogP contribution in [0.25, 0.3) is 0 Å². The molecule has 0 fully saturated rings. The van der Waals surface area contributed by atoms with Gasteiger partial charge in [0, 0.05) is 17.3 Å². The Hall–Kier alpha value is -1.56. The summed E-state index contributed by atoms with van der Waals surface area (Å²) < 4.78 is 18.6. The first kappa shape index (κ1) is 31.7. The van der Waals surface area contributed by atoms with Gasteiger partial charge in [-0.1, -0.05) is 62.7 Å². The van der Waals surface area contributed by atoms with E-state index >= 15 is 0 Å². The fourth-order valence-electron chi connectivity index (χ4n) is 4.85. The molecule has 0 atom stereocenters. The monoisotopic (exact) mass is 576 g/mol. The lowest BCUT2D eigenvalue weighted by Gasteiger charge is -2.33. The van der Waals surface area contributed by atoms with Crippen molar-refractivity contribution in [3.05, 3.63) is 59.7 Å². The van der Waals surface area contributed by atoms with Gasteiger partial charge in [-0.3, -0.25) is 0 Å². The van der Waals surface area contributed by atoms with Crippen molar-refractivity contribution in [1.29, 1.82) is 0 Å². The molecular weight excluding hydrogens is 526 g/mol. The minimum atomic E-state index is 0.154. The lowest BCUT2D eigenvalue weighted by molar-refractivity contribution is -0.904. The van der Waals surface area contributed by atoms with Crippen molar-refractivity contribution < 1.29 is 18.7 Å². The van der Waals surface area contributed by atoms with Crippen LogP contribution in [0, 0.1) is 5.41 Å². The highest BCUT2D eigenvalue weighted by molar-refractivity contribution is 9.09. The summed E-state index contributed by atoms with van der Waals surface area (Å²) in [4.78, 5) is 0. The van der Waals surface area contributed by atoms with E-state index in [1.54, 1.807) is 0 Å². The van der Waals surface area contributed by atoms with Crippen LogP contribution in [-0.4, -0.2) is 56.9 Å². The Morgan fingerprint density at radius 1 is 0.703 bits per heavy atom. The molecule has 0 heterocycles. The van der Waals surface area contributed by atoms with Crippen LogP contribution in [0.4, 0.5) is 0 Å². The molecule has 0 radical (unpaired) electrons. The predicted molar refractivity (Wildman–Crippen MR) is 160 cm³/mol. The molecule has 37 heavy (non-hydrogen) atoms. The van der Waals surface area contributed by atoms with Gasteiger partial charge in [0.15, 0.2) is 0 Å². The fourth-order valence-corrected chi connectivity index (χ4v) is 5.24. The van der Waals surface area contributed by atoms with Crippen molar-refractivity contribution in [2.45, 2.75) is 72.3 Å². The molecule has 0 N–H and O–H groups in total. The molecule has 0 unspecified atom stereocenters. The summed E-state index contributed by atoms with van der Waals surface area (Å²) in [6.45, 7) is 16.4. The zero-order chi connectivity index (χ0) is 27.4. The number of nitrogens with zero attached hydrogens (tertiary/aromatic N) is 1. The molecule has 208 valence electrons. The van der Waals surface area contributed by atoms with Gasteiger partial charge < -0.3 is 18.7 Å². The molecular formula is C32H51BrNO3+. The van der Waals surface area contributed by atoms with E-state index in [0.29, 0.717) is 12.0 Å². The molecule has 2 aromatic rings. The number of benzene rings is 2. The van der Waals surface area contributed by atoms with Crippen molar-refractivity contribution in [3.63, 3.8) is 0 Å². The zero-order valence-corrected chi connectivity index (χ0v) is 26.0. The minimum absolute atomic E-state index is 0.154. The average molecular weight is 578 g/mol. The van der Waals surface area contributed by atoms with Crippen molar-refractivity contribution >= 4 is 15.9 Å². The molecule has 0 aliphatic carbocycles. The Morgan fingerprint density at radius 3 is 1.84 bits per heavy atom. The molecule has 0 saturated heterocycles. The maximum Gasteiger partial charge on any atom is 0.119 e. The average Bonchev–Trinajstić information content (AvgIpc) is 2.81. The molecule has 0 aliphatic rings. The highest BCUT2D eigenvalue weighted by Gasteiger charge is 2.27. The maximum atomic E-state index is 5.95. The van der Waals surface area contributed by atoms with Crippen LogP contribution in [0.5, 0.6) is 11.5 Å². The SMILES string of the molecule is CC(C)(C)CC(C)(C)c1ccc(OCCCOCC[N+](C)(C)Cc2ccc(OCCCCBr)cc2)cc1. The van der Waals surface area contributed by atoms with Crippen molar-refractivity contribution in [1.82, 2.24) is 0 Å². The first-order chi connectivity index (χ1) is 17.4. The number of hydrogen-bond donors (Lipinski definition) is 0. The van der Waals surface area contributed by atoms with Gasteiger partial charge in [-0.25, -0.2) is 0 Å². The quantitative estimate of drug-likeness (QED) is 0.108. The highest BCUT2D eigenvalue weighted by atomic mass is 79.9. The summed E-state index contributed by atoms with van der Waals surface area (Å²) in [6, 6.07) is 17.1. The summed E-state index contributed by atoms with van der Waals surface area (Å²) in [5, 5.41) is 1.03. The predicted octanol–water partition coefficient (Wildman–Crippen LogP) is 8.02. The molecule has 2 aromatic carbocycles. The standard InChI is InChI=1S/C32H51BrNO3/c1-31(2,3)26-32(4,5)28-13-17-30(18-14-28)37-23-10-21-35-24-20-34(6,7)25-27-11-15-29(16-12-27)36-22-9-8-19-33/h11-18H,8-10,19-26H2,1-7H3/q+1. The van der Waals surface area contributed by atoms with E-state index in [4.69, 9.17) is 14.2 Å². The third kappa shape index (κ3) is 13.2. The van der Waals surface area contributed by atoms with Crippen LogP contribution in [-0.2, 0) is 16.7 Å². The summed E-state index contributed by atoms with van der Waals surface area (Å²) in [5.74, 6) is 1.89. The van der Waals surface area contributed by atoms with Gasteiger partial charge >= 0.3 is 0 Å². The summed E-state index contributed by atoms with van der Waals surface area (Å²) in [7, 11) is 4.51. The van der Waals surface area contributed by atoms with Crippen molar-refractivity contribution in [3.8, 4) is 11.5 Å². The van der Waals surface area contributed by atoms with Gasteiger partial charge in [0.2, 0.25) is 0 Å². The van der Waals surface area contributed by atoms with E-state index in [0.717, 1.165) is 79.9 Å². The van der Waals surface area contributed by atoms with Crippen LogP contribution < -0.4 is 9.47 Å².